The molecular formula is C16H23FN2O2. The minimum atomic E-state index is -0.367. The SMILES string of the molecule is CC(C)N1CCC(NC(=O)COc2cccc(F)c2)CC1. The summed E-state index contributed by atoms with van der Waals surface area (Å²) in [7, 11) is 0. The van der Waals surface area contributed by atoms with E-state index in [1.54, 1.807) is 12.1 Å². The highest BCUT2D eigenvalue weighted by molar-refractivity contribution is 5.77. The van der Waals surface area contributed by atoms with Gasteiger partial charge in [-0.25, -0.2) is 4.39 Å². The highest BCUT2D eigenvalue weighted by Gasteiger charge is 2.21. The van der Waals surface area contributed by atoms with Gasteiger partial charge in [-0.2, -0.15) is 0 Å². The molecule has 1 aromatic carbocycles. The molecule has 0 saturated carbocycles. The lowest BCUT2D eigenvalue weighted by Crippen LogP contribution is -2.47. The molecule has 4 nitrogen and oxygen atoms in total. The Morgan fingerprint density at radius 1 is 1.43 bits per heavy atom. The van der Waals surface area contributed by atoms with Gasteiger partial charge in [0.2, 0.25) is 0 Å². The zero-order chi connectivity index (χ0) is 15.2. The van der Waals surface area contributed by atoms with Crippen molar-refractivity contribution in [2.45, 2.75) is 38.8 Å². The minimum absolute atomic E-state index is 0.0755. The quantitative estimate of drug-likeness (QED) is 0.905. The molecule has 1 saturated heterocycles. The zero-order valence-electron chi connectivity index (χ0n) is 12.6. The zero-order valence-corrected chi connectivity index (χ0v) is 12.6. The van der Waals surface area contributed by atoms with Gasteiger partial charge in [-0.3, -0.25) is 4.79 Å². The number of amides is 1. The molecule has 2 rings (SSSR count). The van der Waals surface area contributed by atoms with Gasteiger partial charge in [0.05, 0.1) is 0 Å². The van der Waals surface area contributed by atoms with Crippen molar-refractivity contribution in [3.63, 3.8) is 0 Å². The summed E-state index contributed by atoms with van der Waals surface area (Å²) in [5.74, 6) is -0.143. The van der Waals surface area contributed by atoms with Crippen LogP contribution in [-0.2, 0) is 4.79 Å². The first-order valence-electron chi connectivity index (χ1n) is 7.46. The van der Waals surface area contributed by atoms with Crippen molar-refractivity contribution in [3.05, 3.63) is 30.1 Å². The van der Waals surface area contributed by atoms with Gasteiger partial charge in [0.15, 0.2) is 6.61 Å². The molecule has 1 fully saturated rings. The minimum Gasteiger partial charge on any atom is -0.484 e. The molecule has 0 aromatic heterocycles. The van der Waals surface area contributed by atoms with Crippen molar-refractivity contribution in [2.75, 3.05) is 19.7 Å². The van der Waals surface area contributed by atoms with E-state index in [0.29, 0.717) is 11.8 Å². The number of likely N-dealkylation sites (tertiary alicyclic amines) is 1. The van der Waals surface area contributed by atoms with Crippen molar-refractivity contribution in [1.29, 1.82) is 0 Å². The number of carbonyl (C=O) groups is 1. The molecule has 1 N–H and O–H groups in total. The van der Waals surface area contributed by atoms with Crippen LogP contribution in [0.3, 0.4) is 0 Å². The average Bonchev–Trinajstić information content (AvgIpc) is 2.46. The van der Waals surface area contributed by atoms with E-state index in [0.717, 1.165) is 25.9 Å². The van der Waals surface area contributed by atoms with Crippen LogP contribution in [0, 0.1) is 5.82 Å². The lowest BCUT2D eigenvalue weighted by Gasteiger charge is -2.34. The fraction of sp³-hybridized carbons (Fsp3) is 0.562. The molecule has 0 spiro atoms. The molecule has 0 atom stereocenters. The molecular weight excluding hydrogens is 271 g/mol. The number of carbonyl (C=O) groups excluding carboxylic acids is 1. The Bertz CT molecular complexity index is 471. The summed E-state index contributed by atoms with van der Waals surface area (Å²) in [4.78, 5) is 14.3. The van der Waals surface area contributed by atoms with Crippen LogP contribution in [0.15, 0.2) is 24.3 Å². The molecule has 1 aromatic rings. The Morgan fingerprint density at radius 2 is 2.14 bits per heavy atom. The summed E-state index contributed by atoms with van der Waals surface area (Å²) >= 11 is 0. The van der Waals surface area contributed by atoms with Gasteiger partial charge in [-0.1, -0.05) is 6.07 Å². The van der Waals surface area contributed by atoms with Gasteiger partial charge in [0.25, 0.3) is 5.91 Å². The molecule has 1 heterocycles. The van der Waals surface area contributed by atoms with Crippen molar-refractivity contribution in [2.24, 2.45) is 0 Å². The number of rotatable bonds is 5. The standard InChI is InChI=1S/C16H23FN2O2/c1-12(2)19-8-6-14(7-9-19)18-16(20)11-21-15-5-3-4-13(17)10-15/h3-5,10,12,14H,6-9,11H2,1-2H3,(H,18,20). The van der Waals surface area contributed by atoms with E-state index in [-0.39, 0.29) is 24.4 Å². The molecule has 0 aliphatic carbocycles. The molecule has 21 heavy (non-hydrogen) atoms. The van der Waals surface area contributed by atoms with Crippen molar-refractivity contribution in [3.8, 4) is 5.75 Å². The van der Waals surface area contributed by atoms with Gasteiger partial charge >= 0.3 is 0 Å². The predicted octanol–water partition coefficient (Wildman–Crippen LogP) is 2.19. The summed E-state index contributed by atoms with van der Waals surface area (Å²) in [6, 6.07) is 6.58. The third-order valence-electron chi connectivity index (χ3n) is 3.79. The van der Waals surface area contributed by atoms with Crippen LogP contribution in [0.25, 0.3) is 0 Å². The fourth-order valence-corrected chi connectivity index (χ4v) is 2.54. The number of piperidine rings is 1. The van der Waals surface area contributed by atoms with Crippen LogP contribution in [-0.4, -0.2) is 42.6 Å². The van der Waals surface area contributed by atoms with Crippen LogP contribution >= 0.6 is 0 Å². The first kappa shape index (κ1) is 15.8. The summed E-state index contributed by atoms with van der Waals surface area (Å²) in [5, 5.41) is 2.98. The maximum absolute atomic E-state index is 13.0. The van der Waals surface area contributed by atoms with E-state index >= 15 is 0 Å². The number of halogens is 1. The van der Waals surface area contributed by atoms with Crippen molar-refractivity contribution in [1.82, 2.24) is 10.2 Å². The van der Waals surface area contributed by atoms with E-state index in [1.807, 2.05) is 0 Å². The van der Waals surface area contributed by atoms with Gasteiger partial charge in [0, 0.05) is 31.2 Å². The van der Waals surface area contributed by atoms with Gasteiger partial charge in [0.1, 0.15) is 11.6 Å². The highest BCUT2D eigenvalue weighted by Crippen LogP contribution is 2.14. The third-order valence-corrected chi connectivity index (χ3v) is 3.79. The molecule has 5 heteroatoms. The Labute approximate surface area is 125 Å². The number of hydrogen-bond donors (Lipinski definition) is 1. The van der Waals surface area contributed by atoms with Gasteiger partial charge in [-0.05, 0) is 38.8 Å². The van der Waals surface area contributed by atoms with Crippen LogP contribution in [0.4, 0.5) is 4.39 Å². The maximum Gasteiger partial charge on any atom is 0.258 e. The molecule has 1 amide bonds. The fourth-order valence-electron chi connectivity index (χ4n) is 2.54. The summed E-state index contributed by atoms with van der Waals surface area (Å²) in [5.41, 5.74) is 0. The second-order valence-electron chi connectivity index (χ2n) is 5.72. The van der Waals surface area contributed by atoms with E-state index in [9.17, 15) is 9.18 Å². The van der Waals surface area contributed by atoms with Crippen LogP contribution in [0.1, 0.15) is 26.7 Å². The third kappa shape index (κ3) is 5.01. The predicted molar refractivity (Wildman–Crippen MR) is 79.8 cm³/mol. The Kier molecular flexibility index (Phi) is 5.56. The number of nitrogens with zero attached hydrogens (tertiary/aromatic N) is 1. The van der Waals surface area contributed by atoms with Crippen LogP contribution in [0.5, 0.6) is 5.75 Å². The first-order chi connectivity index (χ1) is 10.0. The Morgan fingerprint density at radius 3 is 2.76 bits per heavy atom. The van der Waals surface area contributed by atoms with Crippen LogP contribution in [0.2, 0.25) is 0 Å². The molecule has 116 valence electrons. The monoisotopic (exact) mass is 294 g/mol. The Balaban J connectivity index is 1.71. The highest BCUT2D eigenvalue weighted by atomic mass is 19.1. The van der Waals surface area contributed by atoms with Gasteiger partial charge < -0.3 is 15.0 Å². The van der Waals surface area contributed by atoms with E-state index in [1.165, 1.54) is 12.1 Å². The van der Waals surface area contributed by atoms with E-state index < -0.39 is 0 Å². The molecule has 1 aliphatic heterocycles. The lowest BCUT2D eigenvalue weighted by atomic mass is 10.0. The van der Waals surface area contributed by atoms with Crippen LogP contribution < -0.4 is 10.1 Å². The average molecular weight is 294 g/mol. The summed E-state index contributed by atoms with van der Waals surface area (Å²) in [6.07, 6.45) is 1.92. The topological polar surface area (TPSA) is 41.6 Å². The number of benzene rings is 1. The summed E-state index contributed by atoms with van der Waals surface area (Å²) in [6.45, 7) is 6.31. The molecule has 0 bridgehead atoms. The molecule has 0 radical (unpaired) electrons. The summed E-state index contributed by atoms with van der Waals surface area (Å²) < 4.78 is 18.3. The van der Waals surface area contributed by atoms with E-state index in [4.69, 9.17) is 4.74 Å². The number of ether oxygens (including phenoxy) is 1. The smallest absolute Gasteiger partial charge is 0.258 e. The molecule has 0 unspecified atom stereocenters. The van der Waals surface area contributed by atoms with Crippen molar-refractivity contribution < 1.29 is 13.9 Å². The molecule has 1 aliphatic rings. The normalized spacial score (nSPS) is 17.0. The number of hydrogen-bond acceptors (Lipinski definition) is 3. The lowest BCUT2D eigenvalue weighted by molar-refractivity contribution is -0.124. The number of nitrogens with one attached hydrogen (secondary N) is 1. The largest absolute Gasteiger partial charge is 0.484 e. The maximum atomic E-state index is 13.0. The van der Waals surface area contributed by atoms with E-state index in [2.05, 4.69) is 24.1 Å². The van der Waals surface area contributed by atoms with Crippen molar-refractivity contribution >= 4 is 5.91 Å². The second-order valence-corrected chi connectivity index (χ2v) is 5.72. The first-order valence-corrected chi connectivity index (χ1v) is 7.46. The Hall–Kier alpha value is -1.62. The van der Waals surface area contributed by atoms with Gasteiger partial charge in [-0.15, -0.1) is 0 Å². The second kappa shape index (κ2) is 7.41.